The van der Waals surface area contributed by atoms with E-state index in [0.29, 0.717) is 22.5 Å². The summed E-state index contributed by atoms with van der Waals surface area (Å²) in [4.78, 5) is 17.2. The maximum atomic E-state index is 12.7. The molecule has 8 nitrogen and oxygen atoms in total. The summed E-state index contributed by atoms with van der Waals surface area (Å²) in [7, 11) is 0. The number of ether oxygens (including phenoxy) is 2. The average molecular weight is 495 g/mol. The molecule has 0 aliphatic carbocycles. The Morgan fingerprint density at radius 2 is 1.97 bits per heavy atom. The molecule has 1 aliphatic heterocycles. The third kappa shape index (κ3) is 4.92. The zero-order chi connectivity index (χ0) is 23.5. The van der Waals surface area contributed by atoms with Crippen molar-refractivity contribution in [2.45, 2.75) is 36.8 Å². The van der Waals surface area contributed by atoms with Gasteiger partial charge in [0, 0.05) is 10.9 Å². The second-order valence-corrected chi connectivity index (χ2v) is 9.76. The Labute approximate surface area is 204 Å². The van der Waals surface area contributed by atoms with Crippen LogP contribution < -0.4 is 14.8 Å². The summed E-state index contributed by atoms with van der Waals surface area (Å²) in [5.41, 5.74) is 3.13. The number of amides is 1. The molecule has 0 saturated carbocycles. The van der Waals surface area contributed by atoms with Crippen molar-refractivity contribution in [2.24, 2.45) is 0 Å². The average Bonchev–Trinajstić information content (AvgIpc) is 3.53. The van der Waals surface area contributed by atoms with Gasteiger partial charge in [0.2, 0.25) is 12.0 Å². The van der Waals surface area contributed by atoms with Gasteiger partial charge in [-0.2, -0.15) is 0 Å². The number of thiazole rings is 1. The predicted octanol–water partition coefficient (Wildman–Crippen LogP) is 5.39. The molecule has 4 aromatic rings. The SMILES string of the molecule is CCc1ccc(-c2csc(NC(=O)C(C)Sc3nnc(C4COc5ccccc5O4)o3)n2)cc1. The first-order valence-corrected chi connectivity index (χ1v) is 12.6. The standard InChI is InChI=1S/C24H22N4O4S2/c1-3-15-8-10-16(11-9-15)17-13-33-23(25-17)26-21(29)14(2)34-24-28-27-22(32-24)20-12-30-18-6-4-5-7-19(18)31-20/h4-11,13-14,20H,3,12H2,1-2H3,(H,25,26,29). The van der Waals surface area contributed by atoms with Crippen molar-refractivity contribution in [3.63, 3.8) is 0 Å². The molecule has 5 rings (SSSR count). The third-order valence-corrected chi connectivity index (χ3v) is 6.94. The molecule has 3 heterocycles. The van der Waals surface area contributed by atoms with E-state index in [9.17, 15) is 4.79 Å². The molecule has 2 unspecified atom stereocenters. The predicted molar refractivity (Wildman–Crippen MR) is 130 cm³/mol. The molecule has 1 N–H and O–H groups in total. The van der Waals surface area contributed by atoms with Gasteiger partial charge in [-0.25, -0.2) is 4.98 Å². The Bertz CT molecular complexity index is 1290. The van der Waals surface area contributed by atoms with Crippen LogP contribution in [0, 0.1) is 0 Å². The molecule has 2 atom stereocenters. The number of carbonyl (C=O) groups is 1. The van der Waals surface area contributed by atoms with Crippen LogP contribution in [0.4, 0.5) is 5.13 Å². The van der Waals surface area contributed by atoms with Crippen molar-refractivity contribution in [1.29, 1.82) is 0 Å². The van der Waals surface area contributed by atoms with E-state index in [1.165, 1.54) is 28.7 Å². The molecule has 0 bridgehead atoms. The van der Waals surface area contributed by atoms with Crippen molar-refractivity contribution < 1.29 is 18.7 Å². The first-order chi connectivity index (χ1) is 16.6. The number of anilines is 1. The number of benzene rings is 2. The topological polar surface area (TPSA) is 99.4 Å². The molecule has 2 aromatic heterocycles. The van der Waals surface area contributed by atoms with Gasteiger partial charge in [-0.1, -0.05) is 55.1 Å². The number of nitrogens with zero attached hydrogens (tertiary/aromatic N) is 3. The molecule has 0 fully saturated rings. The lowest BCUT2D eigenvalue weighted by Gasteiger charge is -2.23. The Kier molecular flexibility index (Phi) is 6.50. The molecular formula is C24H22N4O4S2. The second kappa shape index (κ2) is 9.86. The van der Waals surface area contributed by atoms with Gasteiger partial charge in [0.05, 0.1) is 10.9 Å². The van der Waals surface area contributed by atoms with Crippen LogP contribution in [0.5, 0.6) is 11.5 Å². The lowest BCUT2D eigenvalue weighted by molar-refractivity contribution is -0.115. The monoisotopic (exact) mass is 494 g/mol. The van der Waals surface area contributed by atoms with Gasteiger partial charge >= 0.3 is 0 Å². The van der Waals surface area contributed by atoms with Crippen LogP contribution in [0.25, 0.3) is 11.3 Å². The smallest absolute Gasteiger partial charge is 0.277 e. The minimum atomic E-state index is -0.499. The number of nitrogens with one attached hydrogen (secondary N) is 1. The molecule has 34 heavy (non-hydrogen) atoms. The summed E-state index contributed by atoms with van der Waals surface area (Å²) < 4.78 is 17.3. The van der Waals surface area contributed by atoms with E-state index in [2.05, 4.69) is 39.6 Å². The fourth-order valence-corrected chi connectivity index (χ4v) is 4.74. The summed E-state index contributed by atoms with van der Waals surface area (Å²) in [5, 5.41) is 13.3. The van der Waals surface area contributed by atoms with Crippen LogP contribution in [-0.2, 0) is 11.2 Å². The Morgan fingerprint density at radius 1 is 1.18 bits per heavy atom. The molecule has 2 aromatic carbocycles. The molecule has 0 spiro atoms. The molecule has 1 aliphatic rings. The van der Waals surface area contributed by atoms with Gasteiger partial charge in [-0.3, -0.25) is 4.79 Å². The number of aryl methyl sites for hydroxylation is 1. The van der Waals surface area contributed by atoms with Crippen LogP contribution >= 0.6 is 23.1 Å². The number of rotatable bonds is 7. The summed E-state index contributed by atoms with van der Waals surface area (Å²) in [5.74, 6) is 1.42. The zero-order valence-corrected chi connectivity index (χ0v) is 20.2. The van der Waals surface area contributed by atoms with E-state index in [4.69, 9.17) is 13.9 Å². The Morgan fingerprint density at radius 3 is 2.76 bits per heavy atom. The fraction of sp³-hybridized carbons (Fsp3) is 0.250. The largest absolute Gasteiger partial charge is 0.485 e. The summed E-state index contributed by atoms with van der Waals surface area (Å²) in [6, 6.07) is 15.7. The molecule has 0 saturated heterocycles. The van der Waals surface area contributed by atoms with E-state index in [1.54, 1.807) is 6.92 Å². The van der Waals surface area contributed by atoms with Crippen LogP contribution in [0.15, 0.2) is 63.6 Å². The highest BCUT2D eigenvalue weighted by molar-refractivity contribution is 8.00. The zero-order valence-electron chi connectivity index (χ0n) is 18.6. The van der Waals surface area contributed by atoms with Crippen LogP contribution in [-0.4, -0.2) is 32.9 Å². The number of hydrogen-bond donors (Lipinski definition) is 1. The Hall–Kier alpha value is -3.37. The van der Waals surface area contributed by atoms with Crippen LogP contribution in [0.2, 0.25) is 0 Å². The Balaban J connectivity index is 1.18. The lowest BCUT2D eigenvalue weighted by Crippen LogP contribution is -2.22. The number of fused-ring (bicyclic) bond motifs is 1. The number of carbonyl (C=O) groups excluding carboxylic acids is 1. The lowest BCUT2D eigenvalue weighted by atomic mass is 10.1. The highest BCUT2D eigenvalue weighted by atomic mass is 32.2. The molecule has 10 heteroatoms. The van der Waals surface area contributed by atoms with Crippen molar-refractivity contribution >= 4 is 34.1 Å². The number of hydrogen-bond acceptors (Lipinski definition) is 9. The van der Waals surface area contributed by atoms with Crippen molar-refractivity contribution in [3.8, 4) is 22.8 Å². The molecule has 0 radical (unpaired) electrons. The van der Waals surface area contributed by atoms with Gasteiger partial charge in [-0.15, -0.1) is 21.5 Å². The number of thioether (sulfide) groups is 1. The molecule has 174 valence electrons. The van der Waals surface area contributed by atoms with E-state index in [1.807, 2.05) is 41.8 Å². The minimum Gasteiger partial charge on any atom is -0.485 e. The van der Waals surface area contributed by atoms with Gasteiger partial charge in [0.25, 0.3) is 11.1 Å². The van der Waals surface area contributed by atoms with E-state index in [-0.39, 0.29) is 17.7 Å². The van der Waals surface area contributed by atoms with Gasteiger partial charge in [0.15, 0.2) is 16.6 Å². The van der Waals surface area contributed by atoms with Crippen molar-refractivity contribution in [1.82, 2.24) is 15.2 Å². The van der Waals surface area contributed by atoms with Gasteiger partial charge in [-0.05, 0) is 31.0 Å². The van der Waals surface area contributed by atoms with E-state index >= 15 is 0 Å². The fourth-order valence-electron chi connectivity index (χ4n) is 3.33. The van der Waals surface area contributed by atoms with Crippen LogP contribution in [0.1, 0.15) is 31.4 Å². The second-order valence-electron chi connectivity index (χ2n) is 7.61. The van der Waals surface area contributed by atoms with Crippen molar-refractivity contribution in [2.75, 3.05) is 11.9 Å². The van der Waals surface area contributed by atoms with E-state index < -0.39 is 11.4 Å². The summed E-state index contributed by atoms with van der Waals surface area (Å²) >= 11 is 2.57. The summed E-state index contributed by atoms with van der Waals surface area (Å²) in [6.45, 7) is 4.17. The maximum Gasteiger partial charge on any atom is 0.277 e. The first-order valence-electron chi connectivity index (χ1n) is 10.8. The quantitative estimate of drug-likeness (QED) is 0.342. The highest BCUT2D eigenvalue weighted by Crippen LogP contribution is 2.36. The number of aromatic nitrogens is 3. The highest BCUT2D eigenvalue weighted by Gasteiger charge is 2.28. The molecular weight excluding hydrogens is 472 g/mol. The first kappa shape index (κ1) is 22.4. The normalized spacial score (nSPS) is 15.6. The summed E-state index contributed by atoms with van der Waals surface area (Å²) in [6.07, 6.45) is 0.492. The maximum absolute atomic E-state index is 12.7. The molecule has 1 amide bonds. The number of para-hydroxylation sites is 2. The third-order valence-electron chi connectivity index (χ3n) is 5.25. The van der Waals surface area contributed by atoms with E-state index in [0.717, 1.165) is 17.7 Å². The van der Waals surface area contributed by atoms with Gasteiger partial charge in [0.1, 0.15) is 6.61 Å². The van der Waals surface area contributed by atoms with Gasteiger partial charge < -0.3 is 19.2 Å². The van der Waals surface area contributed by atoms with Crippen LogP contribution in [0.3, 0.4) is 0 Å². The minimum absolute atomic E-state index is 0.196. The van der Waals surface area contributed by atoms with Crippen molar-refractivity contribution in [3.05, 3.63) is 65.4 Å².